The molecule has 0 spiro atoms. The Labute approximate surface area is 146 Å². The Balaban J connectivity index is 2.18. The van der Waals surface area contributed by atoms with Gasteiger partial charge in [-0.15, -0.1) is 0 Å². The van der Waals surface area contributed by atoms with Crippen LogP contribution >= 0.6 is 11.6 Å². The number of carboxylic acid groups (broad SMARTS) is 1. The largest absolute Gasteiger partial charge is 0.489 e. The number of halogens is 1. The zero-order valence-electron chi connectivity index (χ0n) is 13.2. The fourth-order valence-electron chi connectivity index (χ4n) is 2.28. The number of hydrogen-bond donors (Lipinski definition) is 2. The van der Waals surface area contributed by atoms with Gasteiger partial charge in [0.15, 0.2) is 0 Å². The number of aliphatic carboxylic acids is 1. The smallest absolute Gasteiger partial charge is 0.321 e. The molecule has 1 aliphatic rings. The fourth-order valence-corrected chi connectivity index (χ4v) is 3.88. The van der Waals surface area contributed by atoms with E-state index in [1.165, 1.54) is 25.1 Å². The van der Waals surface area contributed by atoms with Crippen LogP contribution < -0.4 is 9.46 Å². The molecule has 1 unspecified atom stereocenters. The average molecular weight is 378 g/mol. The molecule has 1 saturated heterocycles. The molecular formula is C15H20ClNO6S. The maximum absolute atomic E-state index is 12.4. The molecular weight excluding hydrogens is 358 g/mol. The highest BCUT2D eigenvalue weighted by Crippen LogP contribution is 2.28. The first-order chi connectivity index (χ1) is 11.3. The Morgan fingerprint density at radius 1 is 1.50 bits per heavy atom. The predicted octanol–water partition coefficient (Wildman–Crippen LogP) is 2.04. The quantitative estimate of drug-likeness (QED) is 0.753. The molecule has 9 heteroatoms. The highest BCUT2D eigenvalue weighted by Gasteiger charge is 2.26. The summed E-state index contributed by atoms with van der Waals surface area (Å²) in [5, 5.41) is 9.10. The van der Waals surface area contributed by atoms with Gasteiger partial charge in [-0.1, -0.05) is 11.6 Å². The third-order valence-electron chi connectivity index (χ3n) is 3.60. The van der Waals surface area contributed by atoms with Gasteiger partial charge in [-0.3, -0.25) is 4.79 Å². The van der Waals surface area contributed by atoms with Crippen LogP contribution in [0.3, 0.4) is 0 Å². The second-order valence-corrected chi connectivity index (χ2v) is 7.69. The summed E-state index contributed by atoms with van der Waals surface area (Å²) < 4.78 is 38.1. The molecule has 2 N–H and O–H groups in total. The molecule has 1 aromatic rings. The average Bonchev–Trinajstić information content (AvgIpc) is 2.54. The monoisotopic (exact) mass is 377 g/mol. The van der Waals surface area contributed by atoms with E-state index in [0.29, 0.717) is 6.61 Å². The van der Waals surface area contributed by atoms with Gasteiger partial charge in [-0.25, -0.2) is 8.42 Å². The van der Waals surface area contributed by atoms with Crippen LogP contribution in [0.15, 0.2) is 23.1 Å². The van der Waals surface area contributed by atoms with Crippen molar-refractivity contribution in [2.24, 2.45) is 0 Å². The Bertz CT molecular complexity index is 687. The van der Waals surface area contributed by atoms with Crippen LogP contribution in [0.1, 0.15) is 26.2 Å². The van der Waals surface area contributed by atoms with E-state index in [4.69, 9.17) is 26.2 Å². The van der Waals surface area contributed by atoms with Gasteiger partial charge in [0.2, 0.25) is 10.0 Å². The molecule has 0 amide bonds. The van der Waals surface area contributed by atoms with Crippen LogP contribution in [0.2, 0.25) is 5.02 Å². The molecule has 24 heavy (non-hydrogen) atoms. The van der Waals surface area contributed by atoms with Crippen molar-refractivity contribution < 1.29 is 27.8 Å². The van der Waals surface area contributed by atoms with E-state index in [2.05, 4.69) is 4.72 Å². The van der Waals surface area contributed by atoms with Crippen LogP contribution in [0.25, 0.3) is 0 Å². The Morgan fingerprint density at radius 3 is 2.88 bits per heavy atom. The number of benzene rings is 1. The van der Waals surface area contributed by atoms with E-state index in [9.17, 15) is 13.2 Å². The minimum Gasteiger partial charge on any atom is -0.489 e. The first-order valence-corrected chi connectivity index (χ1v) is 9.45. The van der Waals surface area contributed by atoms with E-state index >= 15 is 0 Å². The summed E-state index contributed by atoms with van der Waals surface area (Å²) in [6.07, 6.45) is 2.81. The summed E-state index contributed by atoms with van der Waals surface area (Å²) in [7, 11) is -4.09. The zero-order chi connectivity index (χ0) is 17.7. The second-order valence-electron chi connectivity index (χ2n) is 5.57. The topological polar surface area (TPSA) is 102 Å². The molecule has 0 aliphatic carbocycles. The summed E-state index contributed by atoms with van der Waals surface area (Å²) in [5.74, 6) is -1.17. The molecule has 1 aliphatic heterocycles. The van der Waals surface area contributed by atoms with Crippen LogP contribution in [0, 0.1) is 0 Å². The van der Waals surface area contributed by atoms with Crippen molar-refractivity contribution in [2.45, 2.75) is 43.2 Å². The van der Waals surface area contributed by atoms with Gasteiger partial charge in [0, 0.05) is 11.6 Å². The highest BCUT2D eigenvalue weighted by molar-refractivity contribution is 7.89. The maximum atomic E-state index is 12.4. The first kappa shape index (κ1) is 19.0. The van der Waals surface area contributed by atoms with E-state index in [1.54, 1.807) is 0 Å². The minimum atomic E-state index is -4.09. The molecule has 134 valence electrons. The molecule has 0 radical (unpaired) electrons. The van der Waals surface area contributed by atoms with Crippen molar-refractivity contribution >= 4 is 27.6 Å². The number of ether oxygens (including phenoxy) is 2. The molecule has 0 aromatic heterocycles. The number of rotatable bonds is 7. The Morgan fingerprint density at radius 2 is 2.25 bits per heavy atom. The van der Waals surface area contributed by atoms with Crippen molar-refractivity contribution in [2.75, 3.05) is 13.2 Å². The summed E-state index contributed by atoms with van der Waals surface area (Å²) in [6, 6.07) is 2.92. The third kappa shape index (κ3) is 5.07. The normalized spacial score (nSPS) is 19.7. The van der Waals surface area contributed by atoms with Gasteiger partial charge in [-0.05, 0) is 44.4 Å². The van der Waals surface area contributed by atoms with E-state index in [1.807, 2.05) is 0 Å². The summed E-state index contributed by atoms with van der Waals surface area (Å²) >= 11 is 5.88. The van der Waals surface area contributed by atoms with Crippen molar-refractivity contribution in [1.29, 1.82) is 0 Å². The minimum absolute atomic E-state index is 0.0871. The molecule has 1 heterocycles. The van der Waals surface area contributed by atoms with E-state index in [0.717, 1.165) is 19.3 Å². The van der Waals surface area contributed by atoms with Crippen LogP contribution in [0.4, 0.5) is 0 Å². The van der Waals surface area contributed by atoms with Crippen LogP contribution in [0.5, 0.6) is 5.75 Å². The summed E-state index contributed by atoms with van der Waals surface area (Å²) in [5.41, 5.74) is 0. The van der Waals surface area contributed by atoms with Crippen LogP contribution in [-0.2, 0) is 19.6 Å². The molecule has 1 aromatic carbocycles. The lowest BCUT2D eigenvalue weighted by atomic mass is 10.1. The fraction of sp³-hybridized carbons (Fsp3) is 0.533. The Kier molecular flexibility index (Phi) is 6.45. The van der Waals surface area contributed by atoms with Crippen LogP contribution in [-0.4, -0.2) is 44.9 Å². The molecule has 2 rings (SSSR count). The SMILES string of the molecule is C[C@H](NS(=O)(=O)c1cc(Cl)ccc1OCC1CCCCO1)C(=O)O. The third-order valence-corrected chi connectivity index (χ3v) is 5.39. The Hall–Kier alpha value is -1.35. The van der Waals surface area contributed by atoms with Crippen molar-refractivity contribution in [3.05, 3.63) is 23.2 Å². The van der Waals surface area contributed by atoms with Gasteiger partial charge in [0.05, 0.1) is 6.10 Å². The lowest BCUT2D eigenvalue weighted by molar-refractivity contribution is -0.138. The van der Waals surface area contributed by atoms with Gasteiger partial charge >= 0.3 is 5.97 Å². The summed E-state index contributed by atoms with van der Waals surface area (Å²) in [4.78, 5) is 10.7. The van der Waals surface area contributed by atoms with Crippen molar-refractivity contribution in [1.82, 2.24) is 4.72 Å². The van der Waals surface area contributed by atoms with Gasteiger partial charge in [0.25, 0.3) is 0 Å². The van der Waals surface area contributed by atoms with E-state index < -0.39 is 22.0 Å². The molecule has 1 fully saturated rings. The zero-order valence-corrected chi connectivity index (χ0v) is 14.8. The van der Waals surface area contributed by atoms with Gasteiger partial charge in [0.1, 0.15) is 23.3 Å². The molecule has 0 saturated carbocycles. The van der Waals surface area contributed by atoms with Gasteiger partial charge < -0.3 is 14.6 Å². The maximum Gasteiger partial charge on any atom is 0.321 e. The first-order valence-electron chi connectivity index (χ1n) is 7.58. The molecule has 0 bridgehead atoms. The van der Waals surface area contributed by atoms with Crippen molar-refractivity contribution in [3.8, 4) is 5.75 Å². The van der Waals surface area contributed by atoms with E-state index in [-0.39, 0.29) is 28.4 Å². The highest BCUT2D eigenvalue weighted by atomic mass is 35.5. The molecule has 2 atom stereocenters. The number of hydrogen-bond acceptors (Lipinski definition) is 5. The number of nitrogens with one attached hydrogen (secondary N) is 1. The number of sulfonamides is 1. The van der Waals surface area contributed by atoms with Gasteiger partial charge in [-0.2, -0.15) is 4.72 Å². The number of carboxylic acids is 1. The standard InChI is InChI=1S/C15H20ClNO6S/c1-10(15(18)19)17-24(20,21)14-8-11(16)5-6-13(14)23-9-12-4-2-3-7-22-12/h5-6,8,10,12,17H,2-4,7,9H2,1H3,(H,18,19)/t10-,12?/m0/s1. The lowest BCUT2D eigenvalue weighted by Crippen LogP contribution is -2.38. The summed E-state index contributed by atoms with van der Waals surface area (Å²) in [6.45, 7) is 2.12. The number of carbonyl (C=O) groups is 1. The second kappa shape index (κ2) is 8.15. The molecule has 7 nitrogen and oxygen atoms in total. The lowest BCUT2D eigenvalue weighted by Gasteiger charge is -2.23. The predicted molar refractivity (Wildman–Crippen MR) is 88.0 cm³/mol. The van der Waals surface area contributed by atoms with Crippen molar-refractivity contribution in [3.63, 3.8) is 0 Å².